The molecule has 2 rings (SSSR count). The zero-order chi connectivity index (χ0) is 14.2. The van der Waals surface area contributed by atoms with Crippen molar-refractivity contribution in [3.63, 3.8) is 0 Å². The first-order chi connectivity index (χ1) is 8.80. The van der Waals surface area contributed by atoms with Crippen molar-refractivity contribution in [3.05, 3.63) is 35.9 Å². The van der Waals surface area contributed by atoms with Gasteiger partial charge in [-0.25, -0.2) is 0 Å². The molecule has 0 amide bonds. The molecule has 1 heterocycles. The molecule has 0 atom stereocenters. The molecule has 6 heteroatoms. The molecule has 3 nitrogen and oxygen atoms in total. The first-order valence-corrected chi connectivity index (χ1v) is 5.82. The summed E-state index contributed by atoms with van der Waals surface area (Å²) in [4.78, 5) is 0. The minimum Gasteiger partial charge on any atom is -0.382 e. The second kappa shape index (κ2) is 4.60. The molecule has 0 unspecified atom stereocenters. The van der Waals surface area contributed by atoms with Gasteiger partial charge in [-0.05, 0) is 19.9 Å². The fourth-order valence-electron chi connectivity index (χ4n) is 1.96. The topological polar surface area (TPSA) is 43.8 Å². The third-order valence-corrected chi connectivity index (χ3v) is 2.75. The Labute approximate surface area is 108 Å². The minimum atomic E-state index is -4.41. The van der Waals surface area contributed by atoms with Crippen molar-refractivity contribution >= 4 is 5.82 Å². The van der Waals surface area contributed by atoms with Gasteiger partial charge in [0.15, 0.2) is 0 Å². The molecule has 2 aromatic rings. The molecule has 0 fully saturated rings. The highest BCUT2D eigenvalue weighted by Gasteiger charge is 2.34. The Morgan fingerprint density at radius 1 is 1.21 bits per heavy atom. The Morgan fingerprint density at radius 2 is 1.84 bits per heavy atom. The van der Waals surface area contributed by atoms with E-state index in [0.29, 0.717) is 5.69 Å². The van der Waals surface area contributed by atoms with Crippen molar-refractivity contribution in [1.82, 2.24) is 9.78 Å². The fraction of sp³-hybridized carbons (Fsp3) is 0.308. The van der Waals surface area contributed by atoms with Gasteiger partial charge in [0.2, 0.25) is 0 Å². The summed E-state index contributed by atoms with van der Waals surface area (Å²) in [5.41, 5.74) is 5.38. The standard InChI is InChI=1S/C13H14F3N3/c1-8(2)19-11(7-12(17)18-19)9-5-3-4-6-10(9)13(14,15)16/h3-8H,1-2H3,(H2,17,18). The van der Waals surface area contributed by atoms with E-state index < -0.39 is 11.7 Å². The van der Waals surface area contributed by atoms with Crippen LogP contribution in [0.5, 0.6) is 0 Å². The van der Waals surface area contributed by atoms with Gasteiger partial charge in [-0.2, -0.15) is 18.3 Å². The van der Waals surface area contributed by atoms with Crippen LogP contribution in [0.1, 0.15) is 25.5 Å². The Balaban J connectivity index is 2.66. The van der Waals surface area contributed by atoms with E-state index in [1.165, 1.54) is 22.9 Å². The molecule has 1 aromatic carbocycles. The van der Waals surface area contributed by atoms with E-state index in [0.717, 1.165) is 6.07 Å². The number of hydrogen-bond donors (Lipinski definition) is 1. The first-order valence-electron chi connectivity index (χ1n) is 5.82. The summed E-state index contributed by atoms with van der Waals surface area (Å²) in [5.74, 6) is 0.209. The smallest absolute Gasteiger partial charge is 0.382 e. The summed E-state index contributed by atoms with van der Waals surface area (Å²) in [6.45, 7) is 3.68. The molecule has 19 heavy (non-hydrogen) atoms. The van der Waals surface area contributed by atoms with Gasteiger partial charge in [-0.1, -0.05) is 18.2 Å². The van der Waals surface area contributed by atoms with Gasteiger partial charge in [0.1, 0.15) is 5.82 Å². The van der Waals surface area contributed by atoms with Crippen molar-refractivity contribution < 1.29 is 13.2 Å². The maximum atomic E-state index is 13.0. The molecular formula is C13H14F3N3. The molecule has 0 aliphatic rings. The lowest BCUT2D eigenvalue weighted by Crippen LogP contribution is -2.10. The van der Waals surface area contributed by atoms with Gasteiger partial charge in [-0.3, -0.25) is 4.68 Å². The second-order valence-corrected chi connectivity index (χ2v) is 4.54. The Bertz CT molecular complexity index is 585. The van der Waals surface area contributed by atoms with Crippen LogP contribution in [0.25, 0.3) is 11.3 Å². The predicted octanol–water partition coefficient (Wildman–Crippen LogP) is 3.73. The lowest BCUT2D eigenvalue weighted by Gasteiger charge is -2.15. The van der Waals surface area contributed by atoms with Crippen LogP contribution in [-0.2, 0) is 6.18 Å². The molecule has 0 saturated carbocycles. The maximum Gasteiger partial charge on any atom is 0.417 e. The van der Waals surface area contributed by atoms with Gasteiger partial charge in [-0.15, -0.1) is 0 Å². The van der Waals surface area contributed by atoms with Crippen LogP contribution in [0.2, 0.25) is 0 Å². The quantitative estimate of drug-likeness (QED) is 0.902. The van der Waals surface area contributed by atoms with E-state index in [4.69, 9.17) is 5.73 Å². The zero-order valence-electron chi connectivity index (χ0n) is 10.6. The van der Waals surface area contributed by atoms with Crippen molar-refractivity contribution in [2.24, 2.45) is 0 Å². The fourth-order valence-corrected chi connectivity index (χ4v) is 1.96. The van der Waals surface area contributed by atoms with Gasteiger partial charge in [0.25, 0.3) is 0 Å². The number of hydrogen-bond acceptors (Lipinski definition) is 2. The number of aromatic nitrogens is 2. The summed E-state index contributed by atoms with van der Waals surface area (Å²) < 4.78 is 40.5. The van der Waals surface area contributed by atoms with Crippen LogP contribution < -0.4 is 5.73 Å². The number of benzene rings is 1. The Hall–Kier alpha value is -1.98. The van der Waals surface area contributed by atoms with Crippen LogP contribution in [0.4, 0.5) is 19.0 Å². The van der Waals surface area contributed by atoms with Crippen molar-refractivity contribution in [3.8, 4) is 11.3 Å². The SMILES string of the molecule is CC(C)n1nc(N)cc1-c1ccccc1C(F)(F)F. The average Bonchev–Trinajstić information content (AvgIpc) is 2.70. The molecule has 0 spiro atoms. The molecule has 0 bridgehead atoms. The maximum absolute atomic E-state index is 13.0. The largest absolute Gasteiger partial charge is 0.417 e. The number of halogens is 3. The highest BCUT2D eigenvalue weighted by Crippen LogP contribution is 2.37. The number of rotatable bonds is 2. The van der Waals surface area contributed by atoms with Crippen molar-refractivity contribution in [1.29, 1.82) is 0 Å². The van der Waals surface area contributed by atoms with E-state index in [1.807, 2.05) is 13.8 Å². The molecule has 0 aliphatic heterocycles. The molecule has 0 saturated heterocycles. The highest BCUT2D eigenvalue weighted by molar-refractivity contribution is 5.67. The first kappa shape index (κ1) is 13.5. The van der Waals surface area contributed by atoms with Crippen LogP contribution >= 0.6 is 0 Å². The number of alkyl halides is 3. The van der Waals surface area contributed by atoms with E-state index >= 15 is 0 Å². The molecule has 0 aliphatic carbocycles. The summed E-state index contributed by atoms with van der Waals surface area (Å²) in [5, 5.41) is 4.04. The van der Waals surface area contributed by atoms with E-state index in [-0.39, 0.29) is 17.4 Å². The Kier molecular flexibility index (Phi) is 3.26. The molecular weight excluding hydrogens is 255 g/mol. The van der Waals surface area contributed by atoms with E-state index in [9.17, 15) is 13.2 Å². The van der Waals surface area contributed by atoms with E-state index in [2.05, 4.69) is 5.10 Å². The normalized spacial score (nSPS) is 12.1. The lowest BCUT2D eigenvalue weighted by atomic mass is 10.0. The number of anilines is 1. The van der Waals surface area contributed by atoms with E-state index in [1.54, 1.807) is 6.07 Å². The predicted molar refractivity (Wildman–Crippen MR) is 67.5 cm³/mol. The van der Waals surface area contributed by atoms with Gasteiger partial charge in [0.05, 0.1) is 11.3 Å². The minimum absolute atomic E-state index is 0.0754. The third-order valence-electron chi connectivity index (χ3n) is 2.75. The lowest BCUT2D eigenvalue weighted by molar-refractivity contribution is -0.137. The van der Waals surface area contributed by atoms with Gasteiger partial charge < -0.3 is 5.73 Å². The summed E-state index contributed by atoms with van der Waals surface area (Å²) in [6.07, 6.45) is -4.41. The number of nitrogen functional groups attached to an aromatic ring is 1. The van der Waals surface area contributed by atoms with Gasteiger partial charge >= 0.3 is 6.18 Å². The zero-order valence-corrected chi connectivity index (χ0v) is 10.6. The van der Waals surface area contributed by atoms with Crippen molar-refractivity contribution in [2.45, 2.75) is 26.1 Å². The average molecular weight is 269 g/mol. The molecule has 1 aromatic heterocycles. The molecule has 102 valence electrons. The number of nitrogens with two attached hydrogens (primary N) is 1. The van der Waals surface area contributed by atoms with Crippen LogP contribution in [0.15, 0.2) is 30.3 Å². The van der Waals surface area contributed by atoms with Crippen LogP contribution in [-0.4, -0.2) is 9.78 Å². The Morgan fingerprint density at radius 3 is 2.42 bits per heavy atom. The van der Waals surface area contributed by atoms with Crippen molar-refractivity contribution in [2.75, 3.05) is 5.73 Å². The van der Waals surface area contributed by atoms with Crippen LogP contribution in [0, 0.1) is 0 Å². The number of nitrogens with zero attached hydrogens (tertiary/aromatic N) is 2. The summed E-state index contributed by atoms with van der Waals surface area (Å²) in [7, 11) is 0. The third kappa shape index (κ3) is 2.57. The van der Waals surface area contributed by atoms with Gasteiger partial charge in [0, 0.05) is 17.7 Å². The second-order valence-electron chi connectivity index (χ2n) is 4.54. The summed E-state index contributed by atoms with van der Waals surface area (Å²) in [6, 6.07) is 6.81. The highest BCUT2D eigenvalue weighted by atomic mass is 19.4. The summed E-state index contributed by atoms with van der Waals surface area (Å²) >= 11 is 0. The monoisotopic (exact) mass is 269 g/mol. The van der Waals surface area contributed by atoms with Crippen LogP contribution in [0.3, 0.4) is 0 Å². The molecule has 2 N–H and O–H groups in total. The molecule has 0 radical (unpaired) electrons.